The van der Waals surface area contributed by atoms with Crippen molar-refractivity contribution in [3.63, 3.8) is 0 Å². The Morgan fingerprint density at radius 1 is 1.20 bits per heavy atom. The number of rotatable bonds is 0. The van der Waals surface area contributed by atoms with Crippen LogP contribution < -0.4 is 0 Å². The minimum Gasteiger partial charge on any atom is -1.00 e. The van der Waals surface area contributed by atoms with Crippen LogP contribution in [0.4, 0.5) is 0 Å². The molecule has 0 fully saturated rings. The summed E-state index contributed by atoms with van der Waals surface area (Å²) < 4.78 is 0. The van der Waals surface area contributed by atoms with E-state index < -0.39 is 0 Å². The van der Waals surface area contributed by atoms with Crippen molar-refractivity contribution in [3.05, 3.63) is 0 Å². The Labute approximate surface area is 92.4 Å². The van der Waals surface area contributed by atoms with Gasteiger partial charge in [0.15, 0.2) is 17.4 Å². The zero-order valence-electron chi connectivity index (χ0n) is 3.71. The average molecular weight is 230 g/mol. The maximum atomic E-state index is 0. The van der Waals surface area contributed by atoms with Crippen LogP contribution >= 0.6 is 0 Å². The van der Waals surface area contributed by atoms with E-state index >= 15 is 0 Å². The molecule has 0 N–H and O–H groups in total. The molecule has 0 saturated carbocycles. The minimum atomic E-state index is 0. The fraction of sp³-hybridized carbons (Fsp3) is 0. The van der Waals surface area contributed by atoms with Crippen LogP contribution in [-0.4, -0.2) is 40.4 Å². The van der Waals surface area contributed by atoms with Crippen molar-refractivity contribution < 1.29 is 53.2 Å². The smallest absolute Gasteiger partial charge is 1.00 e. The molecule has 37 valence electrons. The average Bonchev–Trinajstić information content (AvgIpc) is 0. The van der Waals surface area contributed by atoms with E-state index in [9.17, 15) is 0 Å². The summed E-state index contributed by atoms with van der Waals surface area (Å²) in [7, 11) is 0. The Morgan fingerprint density at radius 3 is 1.20 bits per heavy atom. The predicted octanol–water partition coefficient (Wildman–Crippen LogP) is -1.35. The molecular weight excluding hydrogens is 225 g/mol. The zero-order valence-corrected chi connectivity index (χ0v) is 6.26. The third-order valence-corrected chi connectivity index (χ3v) is 0. The van der Waals surface area contributed by atoms with Crippen molar-refractivity contribution in [2.75, 3.05) is 0 Å². The van der Waals surface area contributed by atoms with Gasteiger partial charge in [-0.3, -0.25) is 0 Å². The molecule has 0 rings (SSSR count). The van der Waals surface area contributed by atoms with Gasteiger partial charge in [-0.1, -0.05) is 0 Å². The Bertz CT molecular complexity index is 17.7. The van der Waals surface area contributed by atoms with Gasteiger partial charge in [0.05, 0.1) is 0 Å². The molecule has 0 aromatic carbocycles. The van der Waals surface area contributed by atoms with Crippen molar-refractivity contribution >= 4 is 40.4 Å². The van der Waals surface area contributed by atoms with Crippen molar-refractivity contribution in [1.82, 2.24) is 0 Å². The van der Waals surface area contributed by atoms with Crippen LogP contribution in [0.1, 0.15) is 2.85 Å². The van der Waals surface area contributed by atoms with Gasteiger partial charge in [-0.15, -0.1) is 0 Å². The summed E-state index contributed by atoms with van der Waals surface area (Å²) in [5, 5.41) is 0. The van der Waals surface area contributed by atoms with Crippen LogP contribution in [0.15, 0.2) is 0 Å². The molecule has 0 aliphatic heterocycles. The maximum Gasteiger partial charge on any atom is 2.00 e. The van der Waals surface area contributed by atoms with Crippen molar-refractivity contribution in [2.45, 2.75) is 0 Å². The topological polar surface area (TPSA) is 0 Å². The van der Waals surface area contributed by atoms with Crippen LogP contribution in [0.5, 0.6) is 0 Å². The summed E-state index contributed by atoms with van der Waals surface area (Å²) in [5.74, 6) is 0. The first kappa shape index (κ1) is 45.8. The summed E-state index contributed by atoms with van der Waals surface area (Å²) in [6.07, 6.45) is 0. The van der Waals surface area contributed by atoms with E-state index in [0.717, 1.165) is 0 Å². The molecule has 0 bridgehead atoms. The van der Waals surface area contributed by atoms with Gasteiger partial charge in [-0.2, -0.15) is 0 Å². The van der Waals surface area contributed by atoms with Gasteiger partial charge in [0.1, 0.15) is 0 Å². The predicted molar refractivity (Wildman–Crippen MR) is 17.9 cm³/mol. The molecule has 0 aliphatic rings. The van der Waals surface area contributed by atoms with E-state index in [1.807, 2.05) is 0 Å². The zero-order chi connectivity index (χ0) is 0. The molecule has 0 aliphatic carbocycles. The molecular formula is H5AlCoFeMgNi. The fourth-order valence-electron chi connectivity index (χ4n) is 0. The summed E-state index contributed by atoms with van der Waals surface area (Å²) >= 11 is 0. The van der Waals surface area contributed by atoms with E-state index in [0.29, 0.717) is 0 Å². The molecule has 1 radical (unpaired) electrons. The van der Waals surface area contributed by atoms with E-state index in [1.165, 1.54) is 0 Å². The van der Waals surface area contributed by atoms with Gasteiger partial charge in [0, 0.05) is 50.3 Å². The molecule has 0 amide bonds. The molecule has 0 aromatic heterocycles. The van der Waals surface area contributed by atoms with Crippen molar-refractivity contribution in [2.24, 2.45) is 0 Å². The molecule has 0 aromatic rings. The SMILES string of the molecule is [AlH3].[Co].[Fe].[H-].[H-].[Mg+2].[Ni]. The molecule has 5 heteroatoms. The molecule has 0 saturated heterocycles. The number of hydrogen-bond acceptors (Lipinski definition) is 0. The Morgan fingerprint density at radius 2 is 1.20 bits per heavy atom. The summed E-state index contributed by atoms with van der Waals surface area (Å²) in [4.78, 5) is 0. The second-order valence-corrected chi connectivity index (χ2v) is 0. The van der Waals surface area contributed by atoms with E-state index in [2.05, 4.69) is 0 Å². The van der Waals surface area contributed by atoms with Gasteiger partial charge >= 0.3 is 23.1 Å². The van der Waals surface area contributed by atoms with Crippen LogP contribution in [0.25, 0.3) is 0 Å². The largest absolute Gasteiger partial charge is 2.00 e. The van der Waals surface area contributed by atoms with Gasteiger partial charge < -0.3 is 2.85 Å². The second kappa shape index (κ2) is 29.1. The maximum absolute atomic E-state index is 0. The van der Waals surface area contributed by atoms with Crippen LogP contribution in [0.3, 0.4) is 0 Å². The van der Waals surface area contributed by atoms with Crippen LogP contribution in [0.2, 0.25) is 0 Å². The third-order valence-electron chi connectivity index (χ3n) is 0. The van der Waals surface area contributed by atoms with Gasteiger partial charge in [-0.05, 0) is 0 Å². The normalized spacial score (nSPS) is 0. The van der Waals surface area contributed by atoms with E-state index in [4.69, 9.17) is 0 Å². The molecule has 5 heavy (non-hydrogen) atoms. The van der Waals surface area contributed by atoms with Crippen LogP contribution in [0, 0.1) is 0 Å². The van der Waals surface area contributed by atoms with Crippen LogP contribution in [-0.2, 0) is 50.3 Å². The Kier molecular flexibility index (Phi) is 266. The summed E-state index contributed by atoms with van der Waals surface area (Å²) in [6.45, 7) is 0. The first-order valence-electron chi connectivity index (χ1n) is 0. The van der Waals surface area contributed by atoms with E-state index in [-0.39, 0.29) is 93.6 Å². The van der Waals surface area contributed by atoms with Gasteiger partial charge in [0.2, 0.25) is 0 Å². The van der Waals surface area contributed by atoms with Gasteiger partial charge in [-0.25, -0.2) is 0 Å². The molecule has 0 nitrogen and oxygen atoms in total. The quantitative estimate of drug-likeness (QED) is 0.451. The van der Waals surface area contributed by atoms with Crippen molar-refractivity contribution in [3.8, 4) is 0 Å². The monoisotopic (exact) mass is 229 g/mol. The molecule has 0 unspecified atom stereocenters. The first-order valence-corrected chi connectivity index (χ1v) is 0. The standard InChI is InChI=1S/Al.Co.Fe.Mg.Ni.5H/q;;;+2;;;;;2*-1. The fourth-order valence-corrected chi connectivity index (χ4v) is 0. The first-order chi connectivity index (χ1) is 0. The molecule has 0 atom stereocenters. The second-order valence-electron chi connectivity index (χ2n) is 0. The third kappa shape index (κ3) is 19.9. The minimum absolute atomic E-state index is 0. The Hall–Kier alpha value is 2.82. The summed E-state index contributed by atoms with van der Waals surface area (Å²) in [5.41, 5.74) is 0. The Balaban J connectivity index is 0. The van der Waals surface area contributed by atoms with Crippen molar-refractivity contribution in [1.29, 1.82) is 0 Å². The van der Waals surface area contributed by atoms with E-state index in [1.54, 1.807) is 0 Å². The number of hydrogen-bond donors (Lipinski definition) is 0. The molecule has 0 heterocycles. The summed E-state index contributed by atoms with van der Waals surface area (Å²) in [6, 6.07) is 0. The van der Waals surface area contributed by atoms with Gasteiger partial charge in [0.25, 0.3) is 0 Å². The molecule has 0 spiro atoms.